The number of aliphatic hydroxyl groups is 2. The molecule has 0 aromatic carbocycles. The fourth-order valence-corrected chi connectivity index (χ4v) is 4.29. The number of nitrogens with zero attached hydrogens (tertiary/aromatic N) is 3. The molecule has 1 saturated heterocycles. The third-order valence-electron chi connectivity index (χ3n) is 3.60. The van der Waals surface area contributed by atoms with Gasteiger partial charge in [0, 0.05) is 0 Å². The van der Waals surface area contributed by atoms with Crippen LogP contribution in [0.3, 0.4) is 0 Å². The van der Waals surface area contributed by atoms with Crippen molar-refractivity contribution in [3.05, 3.63) is 17.3 Å². The van der Waals surface area contributed by atoms with Crippen LogP contribution in [0.1, 0.15) is 6.23 Å². The molecule has 0 saturated carbocycles. The second-order valence-electron chi connectivity index (χ2n) is 5.44. The number of phosphoric acid groups is 2. The van der Waals surface area contributed by atoms with E-state index < -0.39 is 46.8 Å². The lowest BCUT2D eigenvalue weighted by Crippen LogP contribution is -2.33. The van der Waals surface area contributed by atoms with Gasteiger partial charge in [0.25, 0.3) is 0 Å². The number of hydrogen-bond donors (Lipinski definition) is 6. The molecule has 3 unspecified atom stereocenters. The van der Waals surface area contributed by atoms with Crippen LogP contribution in [0.5, 0.6) is 0 Å². The highest BCUT2D eigenvalue weighted by molar-refractivity contribution is 7.71. The molecule has 2 aromatic heterocycles. The molecule has 0 bridgehead atoms. The predicted molar refractivity (Wildman–Crippen MR) is 87.5 cm³/mol. The Kier molecular flexibility index (Phi) is 5.65. The second kappa shape index (κ2) is 7.39. The summed E-state index contributed by atoms with van der Waals surface area (Å²) < 4.78 is 37.1. The number of aliphatic hydroxyl groups excluding tert-OH is 2. The molecule has 1 fully saturated rings. The minimum atomic E-state index is -5.28. The first-order valence-corrected chi connectivity index (χ1v) is 10.6. The van der Waals surface area contributed by atoms with Crippen LogP contribution < -0.4 is 0 Å². The van der Waals surface area contributed by atoms with Crippen molar-refractivity contribution in [1.82, 2.24) is 19.5 Å². The number of ether oxygens (including phenoxy) is 1. The third-order valence-corrected chi connectivity index (χ3v) is 6.05. The minimum absolute atomic E-state index is 0.200. The van der Waals surface area contributed by atoms with Gasteiger partial charge in [-0.2, -0.15) is 4.31 Å². The Hall–Kier alpha value is -1.09. The van der Waals surface area contributed by atoms with E-state index in [0.29, 0.717) is 11.2 Å². The monoisotopic (exact) mass is 444 g/mol. The smallest absolute Gasteiger partial charge is 0.387 e. The van der Waals surface area contributed by atoms with E-state index in [1.165, 1.54) is 17.2 Å². The van der Waals surface area contributed by atoms with Crippen molar-refractivity contribution in [2.75, 3.05) is 6.61 Å². The van der Waals surface area contributed by atoms with Crippen molar-refractivity contribution in [3.8, 4) is 0 Å². The molecule has 0 radical (unpaired) electrons. The molecule has 3 rings (SSSR count). The second-order valence-corrected chi connectivity index (χ2v) is 8.66. The van der Waals surface area contributed by atoms with Crippen LogP contribution in [0.2, 0.25) is 0 Å². The lowest BCUT2D eigenvalue weighted by atomic mass is 10.1. The van der Waals surface area contributed by atoms with Crippen molar-refractivity contribution >= 4 is 39.0 Å². The van der Waals surface area contributed by atoms with Crippen LogP contribution in [0.25, 0.3) is 11.2 Å². The molecule has 2 aromatic rings. The van der Waals surface area contributed by atoms with Gasteiger partial charge in [-0.05, 0) is 0 Å². The highest BCUT2D eigenvalue weighted by atomic mass is 32.1. The van der Waals surface area contributed by atoms with Gasteiger partial charge in [-0.25, -0.2) is 19.1 Å². The first-order valence-electron chi connectivity index (χ1n) is 7.14. The standard InChI is InChI=1S/C10H14N4O10P2S/c15-6-4(1-22-26(20,21)24-25(17,18)19)23-10(7(6)16)14-3-13-5-8(14)11-2-12-9(5)27/h2-4,6-7,10,15-16H,1H2,(H,20,21)(H,11,12,27)(H2,17,18,19)/t4-,6?,7?,10-/m1/s1. The molecule has 1 aliphatic heterocycles. The zero-order chi connectivity index (χ0) is 20.0. The normalized spacial score (nSPS) is 28.5. The maximum atomic E-state index is 11.5. The van der Waals surface area contributed by atoms with E-state index in [2.05, 4.69) is 23.8 Å². The number of hydrogen-bond acceptors (Lipinski definition) is 10. The van der Waals surface area contributed by atoms with Gasteiger partial charge in [0.05, 0.1) is 19.3 Å². The number of rotatable bonds is 6. The number of aromatic amines is 1. The summed E-state index contributed by atoms with van der Waals surface area (Å²) >= 11 is 5.03. The van der Waals surface area contributed by atoms with Gasteiger partial charge in [-0.3, -0.25) is 9.09 Å². The first-order chi connectivity index (χ1) is 12.5. The fourth-order valence-electron chi connectivity index (χ4n) is 2.49. The van der Waals surface area contributed by atoms with E-state index in [-0.39, 0.29) is 4.64 Å². The average Bonchev–Trinajstić information content (AvgIpc) is 3.07. The molecule has 0 spiro atoms. The average molecular weight is 444 g/mol. The van der Waals surface area contributed by atoms with Crippen LogP contribution >= 0.6 is 27.9 Å². The lowest BCUT2D eigenvalue weighted by molar-refractivity contribution is -0.0503. The van der Waals surface area contributed by atoms with E-state index in [1.54, 1.807) is 0 Å². The van der Waals surface area contributed by atoms with Gasteiger partial charge in [0.15, 0.2) is 10.9 Å². The molecule has 5 atom stereocenters. The molecule has 1 aliphatic rings. The summed E-state index contributed by atoms with van der Waals surface area (Å²) in [7, 11) is -10.4. The fraction of sp³-hybridized carbons (Fsp3) is 0.500. The molecule has 150 valence electrons. The Bertz CT molecular complexity index is 990. The largest absolute Gasteiger partial charge is 0.481 e. The molecule has 0 aliphatic carbocycles. The Morgan fingerprint density at radius 1 is 1.26 bits per heavy atom. The molecule has 17 heteroatoms. The number of aromatic nitrogens is 4. The highest BCUT2D eigenvalue weighted by Gasteiger charge is 2.45. The summed E-state index contributed by atoms with van der Waals surface area (Å²) in [6.07, 6.45) is -2.90. The van der Waals surface area contributed by atoms with Gasteiger partial charge in [0.2, 0.25) is 0 Å². The third kappa shape index (κ3) is 4.50. The quantitative estimate of drug-likeness (QED) is 0.242. The van der Waals surface area contributed by atoms with Gasteiger partial charge in [-0.1, -0.05) is 12.2 Å². The van der Waals surface area contributed by atoms with E-state index in [4.69, 9.17) is 26.7 Å². The van der Waals surface area contributed by atoms with Crippen LogP contribution in [0.15, 0.2) is 12.7 Å². The predicted octanol–water partition coefficient (Wildman–Crippen LogP) is -0.666. The highest BCUT2D eigenvalue weighted by Crippen LogP contribution is 2.57. The van der Waals surface area contributed by atoms with E-state index in [9.17, 15) is 24.2 Å². The maximum absolute atomic E-state index is 11.5. The summed E-state index contributed by atoms with van der Waals surface area (Å²) in [5, 5.41) is 20.3. The Balaban J connectivity index is 1.76. The zero-order valence-corrected chi connectivity index (χ0v) is 15.7. The maximum Gasteiger partial charge on any atom is 0.481 e. The van der Waals surface area contributed by atoms with Crippen LogP contribution in [-0.2, 0) is 22.7 Å². The van der Waals surface area contributed by atoms with Crippen molar-refractivity contribution in [3.63, 3.8) is 0 Å². The number of imidazole rings is 1. The summed E-state index contributed by atoms with van der Waals surface area (Å²) in [4.78, 5) is 37.1. The summed E-state index contributed by atoms with van der Waals surface area (Å²) in [5.41, 5.74) is 0.679. The van der Waals surface area contributed by atoms with Gasteiger partial charge in [0.1, 0.15) is 29.5 Å². The van der Waals surface area contributed by atoms with Crippen LogP contribution in [-0.4, -0.2) is 69.3 Å². The molecular formula is C10H14N4O10P2S. The van der Waals surface area contributed by atoms with Crippen molar-refractivity contribution < 1.29 is 47.6 Å². The molecule has 27 heavy (non-hydrogen) atoms. The summed E-state index contributed by atoms with van der Waals surface area (Å²) in [6, 6.07) is 0. The topological polar surface area (TPSA) is 209 Å². The van der Waals surface area contributed by atoms with E-state index >= 15 is 0 Å². The summed E-state index contributed by atoms with van der Waals surface area (Å²) in [6.45, 7) is -0.799. The molecule has 0 amide bonds. The Morgan fingerprint density at radius 2 is 1.96 bits per heavy atom. The number of fused-ring (bicyclic) bond motifs is 1. The molecule has 6 N–H and O–H groups in total. The van der Waals surface area contributed by atoms with Gasteiger partial charge in [-0.15, -0.1) is 0 Å². The molecule has 14 nitrogen and oxygen atoms in total. The van der Waals surface area contributed by atoms with Crippen molar-refractivity contribution in [2.45, 2.75) is 24.5 Å². The van der Waals surface area contributed by atoms with Crippen LogP contribution in [0.4, 0.5) is 0 Å². The Labute approximate surface area is 155 Å². The Morgan fingerprint density at radius 3 is 2.63 bits per heavy atom. The number of H-pyrrole nitrogens is 1. The first kappa shape index (κ1) is 20.6. The molecular weight excluding hydrogens is 430 g/mol. The van der Waals surface area contributed by atoms with Crippen molar-refractivity contribution in [2.24, 2.45) is 0 Å². The lowest BCUT2D eigenvalue weighted by Gasteiger charge is -2.17. The van der Waals surface area contributed by atoms with E-state index in [1.807, 2.05) is 0 Å². The van der Waals surface area contributed by atoms with Crippen LogP contribution in [0, 0.1) is 4.64 Å². The van der Waals surface area contributed by atoms with Gasteiger partial charge < -0.3 is 34.6 Å². The number of phosphoric ester groups is 1. The SMILES string of the molecule is O=P(O)(O)OP(=O)(O)OC[C@H]1O[C@@H](n2cnc3c(=S)nc[nH]c32)C(O)C1O. The van der Waals surface area contributed by atoms with Gasteiger partial charge >= 0.3 is 15.6 Å². The van der Waals surface area contributed by atoms with E-state index in [0.717, 1.165) is 0 Å². The zero-order valence-electron chi connectivity index (χ0n) is 13.1. The molecule has 3 heterocycles. The van der Waals surface area contributed by atoms with Crippen molar-refractivity contribution in [1.29, 1.82) is 0 Å². The number of nitrogens with one attached hydrogen (secondary N) is 1. The minimum Gasteiger partial charge on any atom is -0.387 e. The summed E-state index contributed by atoms with van der Waals surface area (Å²) in [5.74, 6) is 0.